The molecule has 0 spiro atoms. The molecule has 2 aromatic heterocycles. The molecule has 0 bridgehead atoms. The SMILES string of the molecule is CC(C)c1onc(-c2c(Cl)cccc2Cl)c1COC1CCN(c2ccc3ccn(C)c3c2)CC1. The molecule has 0 amide bonds. The van der Waals surface area contributed by atoms with Gasteiger partial charge in [0, 0.05) is 54.6 Å². The number of nitrogens with zero attached hydrogens (tertiary/aromatic N) is 3. The van der Waals surface area contributed by atoms with E-state index in [0.717, 1.165) is 37.3 Å². The predicted octanol–water partition coefficient (Wildman–Crippen LogP) is 7.45. The lowest BCUT2D eigenvalue weighted by Crippen LogP contribution is -2.37. The van der Waals surface area contributed by atoms with Crippen molar-refractivity contribution >= 4 is 39.8 Å². The summed E-state index contributed by atoms with van der Waals surface area (Å²) in [5, 5.41) is 6.72. The summed E-state index contributed by atoms with van der Waals surface area (Å²) in [7, 11) is 2.09. The van der Waals surface area contributed by atoms with Crippen molar-refractivity contribution in [1.82, 2.24) is 9.72 Å². The minimum absolute atomic E-state index is 0.176. The Morgan fingerprint density at radius 2 is 1.82 bits per heavy atom. The van der Waals surface area contributed by atoms with Crippen LogP contribution in [0.1, 0.15) is 43.9 Å². The molecule has 1 saturated heterocycles. The number of fused-ring (bicyclic) bond motifs is 1. The molecule has 0 unspecified atom stereocenters. The zero-order chi connectivity index (χ0) is 23.8. The normalized spacial score (nSPS) is 15.1. The summed E-state index contributed by atoms with van der Waals surface area (Å²) in [5.74, 6) is 0.995. The summed E-state index contributed by atoms with van der Waals surface area (Å²) in [6.45, 7) is 6.52. The van der Waals surface area contributed by atoms with Crippen molar-refractivity contribution < 1.29 is 9.26 Å². The number of aryl methyl sites for hydroxylation is 1. The molecule has 178 valence electrons. The first-order chi connectivity index (χ1) is 16.4. The highest BCUT2D eigenvalue weighted by molar-refractivity contribution is 6.39. The van der Waals surface area contributed by atoms with Crippen molar-refractivity contribution in [3.05, 3.63) is 70.0 Å². The molecule has 3 heterocycles. The van der Waals surface area contributed by atoms with E-state index >= 15 is 0 Å². The number of hydrogen-bond acceptors (Lipinski definition) is 4. The number of hydrogen-bond donors (Lipinski definition) is 0. The molecule has 34 heavy (non-hydrogen) atoms. The summed E-state index contributed by atoms with van der Waals surface area (Å²) in [5.41, 5.74) is 4.83. The zero-order valence-electron chi connectivity index (χ0n) is 19.7. The van der Waals surface area contributed by atoms with Crippen LogP contribution in [0.4, 0.5) is 5.69 Å². The molecule has 5 rings (SSSR count). The van der Waals surface area contributed by atoms with Gasteiger partial charge in [0.05, 0.1) is 22.8 Å². The van der Waals surface area contributed by atoms with Crippen LogP contribution in [0.5, 0.6) is 0 Å². The van der Waals surface area contributed by atoms with E-state index in [9.17, 15) is 0 Å². The van der Waals surface area contributed by atoms with Gasteiger partial charge in [0.1, 0.15) is 11.5 Å². The number of ether oxygens (including phenoxy) is 1. The molecule has 5 nitrogen and oxygen atoms in total. The zero-order valence-corrected chi connectivity index (χ0v) is 21.2. The summed E-state index contributed by atoms with van der Waals surface area (Å²) in [6, 6.07) is 14.3. The molecule has 0 atom stereocenters. The lowest BCUT2D eigenvalue weighted by molar-refractivity contribution is 0.0245. The summed E-state index contributed by atoms with van der Waals surface area (Å²) < 4.78 is 14.3. The van der Waals surface area contributed by atoms with E-state index in [1.165, 1.54) is 16.6 Å². The minimum atomic E-state index is 0.176. The van der Waals surface area contributed by atoms with Crippen LogP contribution < -0.4 is 4.90 Å². The van der Waals surface area contributed by atoms with E-state index in [1.807, 2.05) is 18.2 Å². The molecule has 1 aliphatic rings. The van der Waals surface area contributed by atoms with Gasteiger partial charge in [-0.2, -0.15) is 0 Å². The first kappa shape index (κ1) is 23.3. The summed E-state index contributed by atoms with van der Waals surface area (Å²) in [6.07, 6.45) is 4.22. The van der Waals surface area contributed by atoms with Crippen molar-refractivity contribution in [1.29, 1.82) is 0 Å². The van der Waals surface area contributed by atoms with Crippen LogP contribution in [0.2, 0.25) is 10.0 Å². The second-order valence-electron chi connectivity index (χ2n) is 9.29. The maximum atomic E-state index is 6.47. The topological polar surface area (TPSA) is 43.4 Å². The van der Waals surface area contributed by atoms with Crippen molar-refractivity contribution in [3.63, 3.8) is 0 Å². The Kier molecular flexibility index (Phi) is 6.61. The number of aromatic nitrogens is 2. The molecule has 4 aromatic rings. The predicted molar refractivity (Wildman–Crippen MR) is 139 cm³/mol. The number of halogens is 2. The Morgan fingerprint density at radius 3 is 2.53 bits per heavy atom. The highest BCUT2D eigenvalue weighted by atomic mass is 35.5. The molecule has 0 aliphatic carbocycles. The number of anilines is 1. The van der Waals surface area contributed by atoms with E-state index in [1.54, 1.807) is 0 Å². The average Bonchev–Trinajstić information content (AvgIpc) is 3.41. The number of benzene rings is 2. The third kappa shape index (κ3) is 4.45. The Hall–Kier alpha value is -2.47. The van der Waals surface area contributed by atoms with Crippen LogP contribution in [-0.4, -0.2) is 28.9 Å². The minimum Gasteiger partial charge on any atom is -0.373 e. The van der Waals surface area contributed by atoms with Crippen molar-refractivity contribution in [2.45, 2.75) is 45.3 Å². The smallest absolute Gasteiger partial charge is 0.145 e. The van der Waals surface area contributed by atoms with Gasteiger partial charge in [-0.3, -0.25) is 0 Å². The van der Waals surface area contributed by atoms with Crippen LogP contribution >= 0.6 is 23.2 Å². The monoisotopic (exact) mass is 497 g/mol. The second kappa shape index (κ2) is 9.65. The Balaban J connectivity index is 1.29. The van der Waals surface area contributed by atoms with Crippen molar-refractivity contribution in [2.75, 3.05) is 18.0 Å². The largest absolute Gasteiger partial charge is 0.373 e. The van der Waals surface area contributed by atoms with Crippen LogP contribution in [-0.2, 0) is 18.4 Å². The standard InChI is InChI=1S/C27H29Cl2N3O2/c1-17(2)27-21(26(30-34-27)25-22(28)5-4-6-23(25)29)16-33-20-10-13-32(14-11-20)19-8-7-18-9-12-31(3)24(18)15-19/h4-9,12,15,17,20H,10-11,13-14,16H2,1-3H3. The third-order valence-electron chi connectivity index (χ3n) is 6.68. The van der Waals surface area contributed by atoms with E-state index in [4.69, 9.17) is 32.5 Å². The van der Waals surface area contributed by atoms with Crippen LogP contribution in [0.15, 0.2) is 53.2 Å². The van der Waals surface area contributed by atoms with Gasteiger partial charge in [-0.25, -0.2) is 0 Å². The number of piperidine rings is 1. The highest BCUT2D eigenvalue weighted by Gasteiger charge is 2.26. The van der Waals surface area contributed by atoms with Crippen LogP contribution in [0, 0.1) is 0 Å². The van der Waals surface area contributed by atoms with Gasteiger partial charge < -0.3 is 18.7 Å². The fourth-order valence-electron chi connectivity index (χ4n) is 4.77. The molecule has 0 saturated carbocycles. The van der Waals surface area contributed by atoms with Gasteiger partial charge in [0.15, 0.2) is 0 Å². The maximum Gasteiger partial charge on any atom is 0.145 e. The Labute approximate surface area is 210 Å². The van der Waals surface area contributed by atoms with Gasteiger partial charge >= 0.3 is 0 Å². The molecule has 2 aromatic carbocycles. The summed E-state index contributed by atoms with van der Waals surface area (Å²) in [4.78, 5) is 2.44. The average molecular weight is 498 g/mol. The van der Waals surface area contributed by atoms with E-state index < -0.39 is 0 Å². The molecule has 0 radical (unpaired) electrons. The van der Waals surface area contributed by atoms with E-state index in [-0.39, 0.29) is 12.0 Å². The lowest BCUT2D eigenvalue weighted by Gasteiger charge is -2.33. The molecular weight excluding hydrogens is 469 g/mol. The Bertz CT molecular complexity index is 1280. The lowest BCUT2D eigenvalue weighted by atomic mass is 10.0. The van der Waals surface area contributed by atoms with Gasteiger partial charge in [-0.05, 0) is 48.6 Å². The van der Waals surface area contributed by atoms with Crippen molar-refractivity contribution in [2.24, 2.45) is 7.05 Å². The molecule has 1 aliphatic heterocycles. The first-order valence-electron chi connectivity index (χ1n) is 11.8. The van der Waals surface area contributed by atoms with Gasteiger partial charge in [0.25, 0.3) is 0 Å². The van der Waals surface area contributed by atoms with E-state index in [0.29, 0.717) is 27.9 Å². The fourth-order valence-corrected chi connectivity index (χ4v) is 5.34. The van der Waals surface area contributed by atoms with Gasteiger partial charge in [0.2, 0.25) is 0 Å². The van der Waals surface area contributed by atoms with Gasteiger partial charge in [-0.15, -0.1) is 0 Å². The van der Waals surface area contributed by atoms with Gasteiger partial charge in [-0.1, -0.05) is 54.3 Å². The molecule has 1 fully saturated rings. The maximum absolute atomic E-state index is 6.47. The Morgan fingerprint density at radius 1 is 1.09 bits per heavy atom. The summed E-state index contributed by atoms with van der Waals surface area (Å²) >= 11 is 12.9. The molecular formula is C27H29Cl2N3O2. The second-order valence-corrected chi connectivity index (χ2v) is 10.1. The molecule has 0 N–H and O–H groups in total. The first-order valence-corrected chi connectivity index (χ1v) is 12.5. The fraction of sp³-hybridized carbons (Fsp3) is 0.370. The van der Waals surface area contributed by atoms with E-state index in [2.05, 4.69) is 66.0 Å². The molecule has 7 heteroatoms. The van der Waals surface area contributed by atoms with Crippen molar-refractivity contribution in [3.8, 4) is 11.3 Å². The van der Waals surface area contributed by atoms with Crippen LogP contribution in [0.3, 0.4) is 0 Å². The highest BCUT2D eigenvalue weighted by Crippen LogP contribution is 2.39. The number of rotatable bonds is 6. The van der Waals surface area contributed by atoms with Crippen LogP contribution in [0.25, 0.3) is 22.2 Å². The quantitative estimate of drug-likeness (QED) is 0.277. The third-order valence-corrected chi connectivity index (χ3v) is 7.31.